The molecule has 5 nitrogen and oxygen atoms in total. The third-order valence-corrected chi connectivity index (χ3v) is 3.96. The summed E-state index contributed by atoms with van der Waals surface area (Å²) in [6.45, 7) is 1.61. The molecule has 0 heterocycles. The number of aromatic carboxylic acids is 1. The first-order chi connectivity index (χ1) is 9.24. The predicted molar refractivity (Wildman–Crippen MR) is 66.6 cm³/mol. The predicted octanol–water partition coefficient (Wildman–Crippen LogP) is 1.35. The van der Waals surface area contributed by atoms with Crippen molar-refractivity contribution in [1.29, 1.82) is 0 Å². The Morgan fingerprint density at radius 1 is 1.50 bits per heavy atom. The molecule has 0 fully saturated rings. The Balaban J connectivity index is 3.38. The fourth-order valence-corrected chi connectivity index (χ4v) is 2.74. The Morgan fingerprint density at radius 2 is 2.10 bits per heavy atom. The second-order valence-corrected chi connectivity index (χ2v) is 5.47. The average molecular weight is 303 g/mol. The maximum Gasteiger partial charge on any atom is 0.341 e. The summed E-state index contributed by atoms with van der Waals surface area (Å²) in [6.07, 6.45) is 5.34. The van der Waals surface area contributed by atoms with Gasteiger partial charge in [0.25, 0.3) is 0 Å². The molecule has 8 heteroatoms. The molecule has 0 spiro atoms. The van der Waals surface area contributed by atoms with Gasteiger partial charge in [-0.25, -0.2) is 22.0 Å². The van der Waals surface area contributed by atoms with E-state index in [1.165, 1.54) is 0 Å². The SMILES string of the molecule is C#CC(CC)NS(=O)(=O)c1ccc(F)c(C(=O)O)c1F. The minimum atomic E-state index is -4.38. The number of rotatable bonds is 5. The van der Waals surface area contributed by atoms with Gasteiger partial charge >= 0.3 is 5.97 Å². The number of benzene rings is 1. The average Bonchev–Trinajstić information content (AvgIpc) is 2.35. The molecule has 0 saturated carbocycles. The fourth-order valence-electron chi connectivity index (χ4n) is 1.42. The minimum Gasteiger partial charge on any atom is -0.477 e. The highest BCUT2D eigenvalue weighted by molar-refractivity contribution is 7.89. The first kappa shape index (κ1) is 16.1. The topological polar surface area (TPSA) is 83.5 Å². The molecule has 0 bridgehead atoms. The lowest BCUT2D eigenvalue weighted by Crippen LogP contribution is -2.34. The Bertz CT molecular complexity index is 679. The van der Waals surface area contributed by atoms with Crippen LogP contribution in [0.5, 0.6) is 0 Å². The summed E-state index contributed by atoms with van der Waals surface area (Å²) in [5.41, 5.74) is -1.33. The van der Waals surface area contributed by atoms with E-state index in [-0.39, 0.29) is 6.42 Å². The lowest BCUT2D eigenvalue weighted by atomic mass is 10.2. The highest BCUT2D eigenvalue weighted by atomic mass is 32.2. The Labute approximate surface area is 114 Å². The summed E-state index contributed by atoms with van der Waals surface area (Å²) < 4.78 is 52.9. The molecule has 1 aromatic carbocycles. The summed E-state index contributed by atoms with van der Waals surface area (Å²) in [6, 6.07) is 0.332. The smallest absolute Gasteiger partial charge is 0.341 e. The van der Waals surface area contributed by atoms with Crippen molar-refractivity contribution in [2.75, 3.05) is 0 Å². The van der Waals surface area contributed by atoms with E-state index in [4.69, 9.17) is 11.5 Å². The number of sulfonamides is 1. The lowest BCUT2D eigenvalue weighted by molar-refractivity contribution is 0.0685. The van der Waals surface area contributed by atoms with Crippen LogP contribution in [-0.2, 0) is 10.0 Å². The summed E-state index contributed by atoms with van der Waals surface area (Å²) >= 11 is 0. The van der Waals surface area contributed by atoms with Crippen molar-refractivity contribution >= 4 is 16.0 Å². The van der Waals surface area contributed by atoms with Crippen LogP contribution in [0.2, 0.25) is 0 Å². The molecule has 20 heavy (non-hydrogen) atoms. The molecule has 0 aliphatic carbocycles. The van der Waals surface area contributed by atoms with Crippen molar-refractivity contribution in [3.8, 4) is 12.3 Å². The van der Waals surface area contributed by atoms with Gasteiger partial charge in [-0.2, -0.15) is 4.72 Å². The molecule has 1 aromatic rings. The molecule has 0 aromatic heterocycles. The number of nitrogens with one attached hydrogen (secondary N) is 1. The van der Waals surface area contributed by atoms with Gasteiger partial charge in [-0.05, 0) is 18.6 Å². The zero-order valence-electron chi connectivity index (χ0n) is 10.4. The van der Waals surface area contributed by atoms with Crippen molar-refractivity contribution in [2.24, 2.45) is 0 Å². The maximum atomic E-state index is 13.8. The van der Waals surface area contributed by atoms with Crippen LogP contribution in [0, 0.1) is 24.0 Å². The number of terminal acetylenes is 1. The third-order valence-electron chi connectivity index (χ3n) is 2.47. The van der Waals surface area contributed by atoms with E-state index in [0.717, 1.165) is 0 Å². The molecule has 0 aliphatic heterocycles. The molecule has 0 amide bonds. The molecule has 0 saturated heterocycles. The van der Waals surface area contributed by atoms with Crippen LogP contribution in [0.1, 0.15) is 23.7 Å². The number of halogens is 2. The molecule has 1 atom stereocenters. The second-order valence-electron chi connectivity index (χ2n) is 3.79. The van der Waals surface area contributed by atoms with Gasteiger partial charge in [-0.15, -0.1) is 6.42 Å². The van der Waals surface area contributed by atoms with Gasteiger partial charge in [-0.1, -0.05) is 12.8 Å². The molecular formula is C12H11F2NO4S. The zero-order chi connectivity index (χ0) is 15.5. The summed E-state index contributed by atoms with van der Waals surface area (Å²) in [5.74, 6) is -2.79. The first-order valence-electron chi connectivity index (χ1n) is 5.44. The maximum absolute atomic E-state index is 13.8. The van der Waals surface area contributed by atoms with Crippen molar-refractivity contribution in [3.05, 3.63) is 29.3 Å². The molecule has 0 radical (unpaired) electrons. The van der Waals surface area contributed by atoms with E-state index in [0.29, 0.717) is 12.1 Å². The van der Waals surface area contributed by atoms with Crippen molar-refractivity contribution in [2.45, 2.75) is 24.3 Å². The van der Waals surface area contributed by atoms with Gasteiger partial charge in [0.1, 0.15) is 16.3 Å². The Kier molecular flexibility index (Phi) is 4.81. The number of carboxylic acids is 1. The highest BCUT2D eigenvalue weighted by Gasteiger charge is 2.28. The lowest BCUT2D eigenvalue weighted by Gasteiger charge is -2.13. The molecule has 1 rings (SSSR count). The largest absolute Gasteiger partial charge is 0.477 e. The molecule has 108 valence electrons. The van der Waals surface area contributed by atoms with Gasteiger partial charge in [0.15, 0.2) is 5.82 Å². The summed E-state index contributed by atoms with van der Waals surface area (Å²) in [4.78, 5) is 9.76. The first-order valence-corrected chi connectivity index (χ1v) is 6.92. The van der Waals surface area contributed by atoms with Crippen LogP contribution in [0.25, 0.3) is 0 Å². The van der Waals surface area contributed by atoms with E-state index in [9.17, 15) is 22.0 Å². The fraction of sp³-hybridized carbons (Fsp3) is 0.250. The van der Waals surface area contributed by atoms with E-state index < -0.39 is 44.1 Å². The number of carboxylic acid groups (broad SMARTS) is 1. The Morgan fingerprint density at radius 3 is 2.55 bits per heavy atom. The van der Waals surface area contributed by atoms with Crippen LogP contribution >= 0.6 is 0 Å². The van der Waals surface area contributed by atoms with Crippen LogP contribution in [0.3, 0.4) is 0 Å². The highest BCUT2D eigenvalue weighted by Crippen LogP contribution is 2.21. The van der Waals surface area contributed by atoms with Crippen molar-refractivity contribution in [3.63, 3.8) is 0 Å². The quantitative estimate of drug-likeness (QED) is 0.804. The summed E-state index contributed by atoms with van der Waals surface area (Å²) in [5, 5.41) is 8.68. The normalized spacial score (nSPS) is 12.7. The standard InChI is InChI=1S/C12H11F2NO4S/c1-3-7(4-2)15-20(18,19)9-6-5-8(13)10(11(9)14)12(16)17/h1,5-7,15H,4H2,2H3,(H,16,17). The van der Waals surface area contributed by atoms with Gasteiger partial charge in [0, 0.05) is 0 Å². The van der Waals surface area contributed by atoms with Gasteiger partial charge < -0.3 is 5.11 Å². The van der Waals surface area contributed by atoms with E-state index in [1.807, 2.05) is 4.72 Å². The molecule has 0 aliphatic rings. The van der Waals surface area contributed by atoms with E-state index >= 15 is 0 Å². The van der Waals surface area contributed by atoms with Crippen LogP contribution < -0.4 is 4.72 Å². The molecular weight excluding hydrogens is 292 g/mol. The summed E-state index contributed by atoms with van der Waals surface area (Å²) in [7, 11) is -4.38. The second kappa shape index (κ2) is 5.98. The number of carbonyl (C=O) groups is 1. The van der Waals surface area contributed by atoms with Crippen LogP contribution in [0.15, 0.2) is 17.0 Å². The zero-order valence-corrected chi connectivity index (χ0v) is 11.2. The van der Waals surface area contributed by atoms with Crippen LogP contribution in [0.4, 0.5) is 8.78 Å². The van der Waals surface area contributed by atoms with E-state index in [1.54, 1.807) is 6.92 Å². The number of hydrogen-bond donors (Lipinski definition) is 2. The monoisotopic (exact) mass is 303 g/mol. The van der Waals surface area contributed by atoms with E-state index in [2.05, 4.69) is 5.92 Å². The number of hydrogen-bond acceptors (Lipinski definition) is 3. The van der Waals surface area contributed by atoms with Gasteiger partial charge in [0.05, 0.1) is 6.04 Å². The molecule has 1 unspecified atom stereocenters. The van der Waals surface area contributed by atoms with Gasteiger partial charge in [0.2, 0.25) is 10.0 Å². The molecule has 2 N–H and O–H groups in total. The minimum absolute atomic E-state index is 0.254. The third kappa shape index (κ3) is 3.12. The Hall–Kier alpha value is -1.98. The van der Waals surface area contributed by atoms with Crippen LogP contribution in [-0.4, -0.2) is 25.5 Å². The van der Waals surface area contributed by atoms with Gasteiger partial charge in [-0.3, -0.25) is 0 Å². The van der Waals surface area contributed by atoms with Crippen molar-refractivity contribution < 1.29 is 27.1 Å². The van der Waals surface area contributed by atoms with Crippen molar-refractivity contribution in [1.82, 2.24) is 4.72 Å².